The van der Waals surface area contributed by atoms with Crippen LogP contribution in [0.25, 0.3) is 21.9 Å². The Balaban J connectivity index is 2.11. The molecule has 2 aromatic carbocycles. The van der Waals surface area contributed by atoms with Crippen molar-refractivity contribution in [3.05, 3.63) is 57.0 Å². The molecule has 0 unspecified atom stereocenters. The summed E-state index contributed by atoms with van der Waals surface area (Å²) in [7, 11) is 3.81. The molecule has 0 atom stereocenters. The van der Waals surface area contributed by atoms with Crippen LogP contribution in [0.4, 0.5) is 0 Å². The molecule has 0 aliphatic rings. The average molecular weight is 475 g/mol. The Morgan fingerprint density at radius 1 is 1.31 bits per heavy atom. The Hall–Kier alpha value is -2.74. The smallest absolute Gasteiger partial charge is 0.340 e. The molecule has 2 heterocycles. The molecular formula is C23H24Cl2N4O3. The van der Waals surface area contributed by atoms with Gasteiger partial charge in [0.2, 0.25) is 0 Å². The standard InChI is InChI=1S/C23H24Cl2N4O3/c1-5-32-23(31)17-12(2)29(9-13-6-7-14(24)8-16(13)25)21-18(17)15(10-28(3)4)22(30)20-19(21)26-11-27-20/h6-8,11,30H,5,9-10H2,1-4H3,(H,26,27). The quantitative estimate of drug-likeness (QED) is 0.378. The van der Waals surface area contributed by atoms with Crippen molar-refractivity contribution in [3.8, 4) is 5.75 Å². The van der Waals surface area contributed by atoms with E-state index in [1.54, 1.807) is 19.1 Å². The lowest BCUT2D eigenvalue weighted by Gasteiger charge is -2.15. The number of nitrogens with one attached hydrogen (secondary N) is 1. The number of benzene rings is 2. The second-order valence-corrected chi connectivity index (χ2v) is 8.76. The van der Waals surface area contributed by atoms with Gasteiger partial charge in [-0.2, -0.15) is 0 Å². The third kappa shape index (κ3) is 3.70. The first-order valence-corrected chi connectivity index (χ1v) is 11.0. The molecule has 2 N–H and O–H groups in total. The predicted molar refractivity (Wildman–Crippen MR) is 127 cm³/mol. The highest BCUT2D eigenvalue weighted by atomic mass is 35.5. The number of rotatable bonds is 6. The van der Waals surface area contributed by atoms with Crippen LogP contribution in [0.1, 0.15) is 34.1 Å². The number of carbonyl (C=O) groups is 1. The van der Waals surface area contributed by atoms with Gasteiger partial charge in [0.15, 0.2) is 0 Å². The number of aromatic nitrogens is 3. The maximum atomic E-state index is 13.1. The van der Waals surface area contributed by atoms with Crippen LogP contribution in [-0.2, 0) is 17.8 Å². The van der Waals surface area contributed by atoms with E-state index in [1.165, 1.54) is 6.33 Å². The first-order valence-electron chi connectivity index (χ1n) is 10.2. The van der Waals surface area contributed by atoms with Crippen molar-refractivity contribution in [3.63, 3.8) is 0 Å². The Morgan fingerprint density at radius 3 is 2.72 bits per heavy atom. The molecule has 7 nitrogen and oxygen atoms in total. The number of halogens is 2. The molecule has 9 heteroatoms. The number of aromatic amines is 1. The number of imidazole rings is 1. The van der Waals surface area contributed by atoms with Crippen molar-refractivity contribution < 1.29 is 14.6 Å². The summed E-state index contributed by atoms with van der Waals surface area (Å²) in [6.45, 7) is 4.70. The van der Waals surface area contributed by atoms with Crippen LogP contribution in [0.2, 0.25) is 10.0 Å². The minimum absolute atomic E-state index is 0.0749. The first kappa shape index (κ1) is 22.5. The van der Waals surface area contributed by atoms with E-state index < -0.39 is 5.97 Å². The SMILES string of the molecule is CCOC(=O)c1c(C)n(Cc2ccc(Cl)cc2Cl)c2c1c(CN(C)C)c(O)c1[nH]cnc12. The van der Waals surface area contributed by atoms with Gasteiger partial charge in [0.05, 0.1) is 24.0 Å². The third-order valence-corrected chi connectivity index (χ3v) is 6.10. The molecule has 0 aliphatic heterocycles. The third-order valence-electron chi connectivity index (χ3n) is 5.51. The largest absolute Gasteiger partial charge is 0.505 e. The summed E-state index contributed by atoms with van der Waals surface area (Å²) in [5.41, 5.74) is 4.44. The van der Waals surface area contributed by atoms with Crippen molar-refractivity contribution >= 4 is 51.1 Å². The molecule has 2 aromatic heterocycles. The summed E-state index contributed by atoms with van der Waals surface area (Å²) in [6, 6.07) is 5.34. The molecular weight excluding hydrogens is 451 g/mol. The fourth-order valence-corrected chi connectivity index (χ4v) is 4.61. The van der Waals surface area contributed by atoms with Crippen LogP contribution >= 0.6 is 23.2 Å². The zero-order valence-electron chi connectivity index (χ0n) is 18.3. The number of phenolic OH excluding ortho intramolecular Hbond substituents is 1. The van der Waals surface area contributed by atoms with Gasteiger partial charge in [-0.3, -0.25) is 0 Å². The maximum Gasteiger partial charge on any atom is 0.340 e. The van der Waals surface area contributed by atoms with E-state index in [0.29, 0.717) is 56.4 Å². The molecule has 32 heavy (non-hydrogen) atoms. The highest BCUT2D eigenvalue weighted by molar-refractivity contribution is 6.35. The second kappa shape index (κ2) is 8.65. The summed E-state index contributed by atoms with van der Waals surface area (Å²) >= 11 is 12.5. The Bertz CT molecular complexity index is 1340. The van der Waals surface area contributed by atoms with Crippen LogP contribution < -0.4 is 0 Å². The average Bonchev–Trinajstić information content (AvgIpc) is 3.30. The Morgan fingerprint density at radius 2 is 2.06 bits per heavy atom. The van der Waals surface area contributed by atoms with Gasteiger partial charge in [-0.05, 0) is 45.6 Å². The Labute approximate surface area is 195 Å². The molecule has 4 rings (SSSR count). The van der Waals surface area contributed by atoms with Crippen LogP contribution in [0.3, 0.4) is 0 Å². The number of aromatic hydroxyl groups is 1. The first-order chi connectivity index (χ1) is 15.2. The van der Waals surface area contributed by atoms with Gasteiger partial charge in [-0.25, -0.2) is 9.78 Å². The van der Waals surface area contributed by atoms with Crippen LogP contribution in [0.5, 0.6) is 5.75 Å². The number of carbonyl (C=O) groups excluding carboxylic acids is 1. The van der Waals surface area contributed by atoms with Gasteiger partial charge < -0.3 is 24.3 Å². The zero-order chi connectivity index (χ0) is 23.2. The summed E-state index contributed by atoms with van der Waals surface area (Å²) in [5, 5.41) is 12.8. The molecule has 0 saturated heterocycles. The number of hydrogen-bond acceptors (Lipinski definition) is 5. The fraction of sp³-hybridized carbons (Fsp3) is 0.304. The van der Waals surface area contributed by atoms with Crippen molar-refractivity contribution in [2.45, 2.75) is 26.9 Å². The number of nitrogens with zero attached hydrogens (tertiary/aromatic N) is 3. The highest BCUT2D eigenvalue weighted by Gasteiger charge is 2.29. The maximum absolute atomic E-state index is 13.1. The second-order valence-electron chi connectivity index (χ2n) is 7.92. The molecule has 0 fully saturated rings. The minimum Gasteiger partial charge on any atom is -0.505 e. The van der Waals surface area contributed by atoms with Crippen LogP contribution in [-0.4, -0.2) is 51.2 Å². The molecule has 0 radical (unpaired) electrons. The number of ether oxygens (including phenoxy) is 1. The van der Waals surface area contributed by atoms with E-state index in [1.807, 2.05) is 36.6 Å². The lowest BCUT2D eigenvalue weighted by Crippen LogP contribution is -2.12. The van der Waals surface area contributed by atoms with E-state index in [2.05, 4.69) is 9.97 Å². The topological polar surface area (TPSA) is 83.4 Å². The predicted octanol–water partition coefficient (Wildman–Crippen LogP) is 5.13. The van der Waals surface area contributed by atoms with Gasteiger partial charge >= 0.3 is 5.97 Å². The zero-order valence-corrected chi connectivity index (χ0v) is 19.8. The van der Waals surface area contributed by atoms with Gasteiger partial charge in [0.1, 0.15) is 16.8 Å². The molecule has 0 spiro atoms. The molecule has 168 valence electrons. The minimum atomic E-state index is -0.440. The monoisotopic (exact) mass is 474 g/mol. The highest BCUT2D eigenvalue weighted by Crippen LogP contribution is 2.41. The van der Waals surface area contributed by atoms with E-state index in [4.69, 9.17) is 27.9 Å². The lowest BCUT2D eigenvalue weighted by molar-refractivity contribution is 0.0527. The van der Waals surface area contributed by atoms with Crippen molar-refractivity contribution in [1.29, 1.82) is 0 Å². The number of hydrogen-bond donors (Lipinski definition) is 2. The van der Waals surface area contributed by atoms with Gasteiger partial charge in [-0.1, -0.05) is 29.3 Å². The summed E-state index contributed by atoms with van der Waals surface area (Å²) in [5.74, 6) is -0.365. The van der Waals surface area contributed by atoms with Gasteiger partial charge in [0, 0.05) is 39.8 Å². The normalized spacial score (nSPS) is 11.7. The molecule has 0 bridgehead atoms. The fourth-order valence-electron chi connectivity index (χ4n) is 4.14. The van der Waals surface area contributed by atoms with Crippen molar-refractivity contribution in [2.75, 3.05) is 20.7 Å². The van der Waals surface area contributed by atoms with E-state index in [-0.39, 0.29) is 12.4 Å². The molecule has 0 amide bonds. The molecule has 4 aromatic rings. The van der Waals surface area contributed by atoms with Crippen LogP contribution in [0, 0.1) is 6.92 Å². The van der Waals surface area contributed by atoms with Crippen molar-refractivity contribution in [2.24, 2.45) is 0 Å². The number of esters is 1. The van der Waals surface area contributed by atoms with Crippen molar-refractivity contribution in [1.82, 2.24) is 19.4 Å². The van der Waals surface area contributed by atoms with E-state index in [9.17, 15) is 9.90 Å². The van der Waals surface area contributed by atoms with E-state index in [0.717, 1.165) is 11.1 Å². The summed E-state index contributed by atoms with van der Waals surface area (Å²) < 4.78 is 7.39. The number of phenols is 1. The van der Waals surface area contributed by atoms with Gasteiger partial charge in [-0.15, -0.1) is 0 Å². The summed E-state index contributed by atoms with van der Waals surface area (Å²) in [6.07, 6.45) is 1.54. The molecule has 0 aliphatic carbocycles. The lowest BCUT2D eigenvalue weighted by atomic mass is 10.0. The van der Waals surface area contributed by atoms with Gasteiger partial charge in [0.25, 0.3) is 0 Å². The number of fused-ring (bicyclic) bond motifs is 3. The Kier molecular flexibility index (Phi) is 6.07. The summed E-state index contributed by atoms with van der Waals surface area (Å²) in [4.78, 5) is 22.5. The molecule has 0 saturated carbocycles. The van der Waals surface area contributed by atoms with Crippen LogP contribution in [0.15, 0.2) is 24.5 Å². The number of H-pyrrole nitrogens is 1. The van der Waals surface area contributed by atoms with E-state index >= 15 is 0 Å².